The lowest BCUT2D eigenvalue weighted by Gasteiger charge is -2.07. The SMILES string of the molecule is COC(=O)CCCCCNC(=O)CCOCCC(=O)NCCCCCC(=O)OC. The fourth-order valence-corrected chi connectivity index (χ4v) is 2.41. The minimum atomic E-state index is -0.212. The summed E-state index contributed by atoms with van der Waals surface area (Å²) in [7, 11) is 2.74. The van der Waals surface area contributed by atoms with Gasteiger partial charge >= 0.3 is 11.9 Å². The average Bonchev–Trinajstić information content (AvgIpc) is 2.72. The third-order valence-electron chi connectivity index (χ3n) is 4.16. The van der Waals surface area contributed by atoms with Crippen LogP contribution in [-0.2, 0) is 33.4 Å². The molecule has 168 valence electrons. The summed E-state index contributed by atoms with van der Waals surface area (Å²) in [6, 6.07) is 0. The minimum absolute atomic E-state index is 0.0885. The van der Waals surface area contributed by atoms with Gasteiger partial charge in [0.15, 0.2) is 0 Å². The van der Waals surface area contributed by atoms with E-state index in [1.54, 1.807) is 0 Å². The standard InChI is InChI=1S/C20H36N2O7/c1-27-19(25)9-5-3-7-13-21-17(23)11-15-29-16-12-18(24)22-14-8-4-6-10-20(26)28-2/h3-16H2,1-2H3,(H,21,23)(H,22,24). The summed E-state index contributed by atoms with van der Waals surface area (Å²) in [5.74, 6) is -0.602. The van der Waals surface area contributed by atoms with E-state index in [-0.39, 0.29) is 49.8 Å². The number of carbonyl (C=O) groups excluding carboxylic acids is 4. The Morgan fingerprint density at radius 3 is 1.38 bits per heavy atom. The number of amides is 2. The number of ether oxygens (including phenoxy) is 3. The highest BCUT2D eigenvalue weighted by Gasteiger charge is 2.04. The van der Waals surface area contributed by atoms with Crippen molar-refractivity contribution in [2.45, 2.75) is 64.2 Å². The zero-order chi connectivity index (χ0) is 21.7. The molecular weight excluding hydrogens is 380 g/mol. The number of rotatable bonds is 18. The second-order valence-corrected chi connectivity index (χ2v) is 6.59. The van der Waals surface area contributed by atoms with Crippen LogP contribution in [0.15, 0.2) is 0 Å². The van der Waals surface area contributed by atoms with E-state index >= 15 is 0 Å². The van der Waals surface area contributed by atoms with Gasteiger partial charge in [0.05, 0.1) is 27.4 Å². The normalized spacial score (nSPS) is 10.3. The third-order valence-corrected chi connectivity index (χ3v) is 4.16. The molecule has 0 aliphatic heterocycles. The summed E-state index contributed by atoms with van der Waals surface area (Å²) in [6.45, 7) is 1.69. The fraction of sp³-hybridized carbons (Fsp3) is 0.800. The average molecular weight is 417 g/mol. The molecule has 9 heteroatoms. The maximum atomic E-state index is 11.6. The van der Waals surface area contributed by atoms with Crippen LogP contribution in [0.3, 0.4) is 0 Å². The predicted molar refractivity (Wildman–Crippen MR) is 107 cm³/mol. The molecule has 0 aromatic carbocycles. The summed E-state index contributed by atoms with van der Waals surface area (Å²) in [6.07, 6.45) is 6.15. The van der Waals surface area contributed by atoms with Crippen LogP contribution in [0.4, 0.5) is 0 Å². The molecule has 2 N–H and O–H groups in total. The monoisotopic (exact) mass is 416 g/mol. The largest absolute Gasteiger partial charge is 0.469 e. The molecule has 0 aromatic rings. The van der Waals surface area contributed by atoms with Crippen molar-refractivity contribution in [3.8, 4) is 0 Å². The number of unbranched alkanes of at least 4 members (excludes halogenated alkanes) is 4. The van der Waals surface area contributed by atoms with Crippen molar-refractivity contribution >= 4 is 23.8 Å². The highest BCUT2D eigenvalue weighted by molar-refractivity contribution is 5.76. The highest BCUT2D eigenvalue weighted by atomic mass is 16.5. The van der Waals surface area contributed by atoms with Gasteiger partial charge in [-0.1, -0.05) is 12.8 Å². The van der Waals surface area contributed by atoms with Gasteiger partial charge in [0, 0.05) is 38.8 Å². The first kappa shape index (κ1) is 26.8. The number of hydrogen-bond donors (Lipinski definition) is 2. The Hall–Kier alpha value is -2.16. The Morgan fingerprint density at radius 2 is 1.00 bits per heavy atom. The minimum Gasteiger partial charge on any atom is -0.469 e. The van der Waals surface area contributed by atoms with Gasteiger partial charge in [-0.2, -0.15) is 0 Å². The first-order valence-corrected chi connectivity index (χ1v) is 10.2. The lowest BCUT2D eigenvalue weighted by Crippen LogP contribution is -2.27. The van der Waals surface area contributed by atoms with Gasteiger partial charge in [-0.15, -0.1) is 0 Å². The van der Waals surface area contributed by atoms with E-state index in [0.29, 0.717) is 25.9 Å². The van der Waals surface area contributed by atoms with E-state index in [4.69, 9.17) is 4.74 Å². The Bertz CT molecular complexity index is 441. The van der Waals surface area contributed by atoms with Gasteiger partial charge in [0.25, 0.3) is 0 Å². The van der Waals surface area contributed by atoms with Gasteiger partial charge in [-0.05, 0) is 25.7 Å². The van der Waals surface area contributed by atoms with Crippen molar-refractivity contribution in [2.24, 2.45) is 0 Å². The third kappa shape index (κ3) is 18.9. The topological polar surface area (TPSA) is 120 Å². The Labute approximate surface area is 173 Å². The van der Waals surface area contributed by atoms with E-state index in [1.807, 2.05) is 0 Å². The van der Waals surface area contributed by atoms with Crippen molar-refractivity contribution < 1.29 is 33.4 Å². The Morgan fingerprint density at radius 1 is 0.586 bits per heavy atom. The molecule has 0 bridgehead atoms. The van der Waals surface area contributed by atoms with Gasteiger partial charge in [0.1, 0.15) is 0 Å². The van der Waals surface area contributed by atoms with Gasteiger partial charge in [0.2, 0.25) is 11.8 Å². The number of hydrogen-bond acceptors (Lipinski definition) is 7. The Kier molecular flexibility index (Phi) is 17.7. The van der Waals surface area contributed by atoms with Crippen LogP contribution in [0.1, 0.15) is 64.2 Å². The summed E-state index contributed by atoms with van der Waals surface area (Å²) >= 11 is 0. The van der Waals surface area contributed by atoms with Crippen molar-refractivity contribution in [3.05, 3.63) is 0 Å². The molecule has 0 fully saturated rings. The van der Waals surface area contributed by atoms with E-state index in [2.05, 4.69) is 20.1 Å². The lowest BCUT2D eigenvalue weighted by molar-refractivity contribution is -0.141. The first-order valence-electron chi connectivity index (χ1n) is 10.2. The Balaban J connectivity index is 3.39. The second-order valence-electron chi connectivity index (χ2n) is 6.59. The molecule has 0 aliphatic rings. The van der Waals surface area contributed by atoms with Crippen LogP contribution in [0.5, 0.6) is 0 Å². The molecule has 0 atom stereocenters. The van der Waals surface area contributed by atoms with Crippen molar-refractivity contribution in [3.63, 3.8) is 0 Å². The smallest absolute Gasteiger partial charge is 0.305 e. The molecule has 0 saturated heterocycles. The molecule has 9 nitrogen and oxygen atoms in total. The molecule has 0 unspecified atom stereocenters. The van der Waals surface area contributed by atoms with Crippen LogP contribution in [0.2, 0.25) is 0 Å². The van der Waals surface area contributed by atoms with Crippen LogP contribution < -0.4 is 10.6 Å². The van der Waals surface area contributed by atoms with Gasteiger partial charge in [-0.25, -0.2) is 0 Å². The van der Waals surface area contributed by atoms with E-state index in [1.165, 1.54) is 14.2 Å². The fourth-order valence-electron chi connectivity index (χ4n) is 2.41. The zero-order valence-electron chi connectivity index (χ0n) is 17.8. The van der Waals surface area contributed by atoms with Crippen LogP contribution >= 0.6 is 0 Å². The van der Waals surface area contributed by atoms with Crippen molar-refractivity contribution in [2.75, 3.05) is 40.5 Å². The van der Waals surface area contributed by atoms with Crippen molar-refractivity contribution in [1.29, 1.82) is 0 Å². The molecule has 0 aromatic heterocycles. The maximum Gasteiger partial charge on any atom is 0.305 e. The molecule has 0 heterocycles. The molecule has 29 heavy (non-hydrogen) atoms. The van der Waals surface area contributed by atoms with Gasteiger partial charge < -0.3 is 24.8 Å². The molecule has 2 amide bonds. The van der Waals surface area contributed by atoms with Crippen LogP contribution in [-0.4, -0.2) is 64.3 Å². The van der Waals surface area contributed by atoms with Crippen LogP contribution in [0, 0.1) is 0 Å². The molecular formula is C20H36N2O7. The summed E-state index contributed by atoms with van der Waals surface area (Å²) in [4.78, 5) is 45.2. The highest BCUT2D eigenvalue weighted by Crippen LogP contribution is 2.01. The summed E-state index contributed by atoms with van der Waals surface area (Å²) in [5, 5.41) is 5.59. The zero-order valence-corrected chi connectivity index (χ0v) is 17.8. The number of esters is 2. The molecule has 0 spiro atoms. The van der Waals surface area contributed by atoms with Crippen molar-refractivity contribution in [1.82, 2.24) is 10.6 Å². The number of methoxy groups -OCH3 is 2. The predicted octanol–water partition coefficient (Wildman–Crippen LogP) is 1.48. The molecule has 0 aliphatic carbocycles. The molecule has 0 saturated carbocycles. The van der Waals surface area contributed by atoms with E-state index in [9.17, 15) is 19.2 Å². The quantitative estimate of drug-likeness (QED) is 0.256. The molecule has 0 radical (unpaired) electrons. The summed E-state index contributed by atoms with van der Waals surface area (Å²) < 4.78 is 14.4. The van der Waals surface area contributed by atoms with E-state index in [0.717, 1.165) is 38.5 Å². The number of carbonyl (C=O) groups is 4. The number of nitrogens with one attached hydrogen (secondary N) is 2. The van der Waals surface area contributed by atoms with E-state index < -0.39 is 0 Å². The van der Waals surface area contributed by atoms with Crippen LogP contribution in [0.25, 0.3) is 0 Å². The summed E-state index contributed by atoms with van der Waals surface area (Å²) in [5.41, 5.74) is 0. The maximum absolute atomic E-state index is 11.6. The second kappa shape index (κ2) is 19.2. The first-order chi connectivity index (χ1) is 14.0. The van der Waals surface area contributed by atoms with Gasteiger partial charge in [-0.3, -0.25) is 19.2 Å². The lowest BCUT2D eigenvalue weighted by atomic mass is 10.2. The molecule has 0 rings (SSSR count).